The molecule has 1 aliphatic heterocycles. The lowest BCUT2D eigenvalue weighted by atomic mass is 10.1. The molecule has 0 aromatic heterocycles. The van der Waals surface area contributed by atoms with E-state index in [4.69, 9.17) is 4.74 Å². The quantitative estimate of drug-likeness (QED) is 0.741. The number of carbonyl (C=O) groups excluding carboxylic acids is 2. The molecule has 1 amide bonds. The molecule has 1 fully saturated rings. The second-order valence-electron chi connectivity index (χ2n) is 4.00. The Morgan fingerprint density at radius 2 is 2.29 bits per heavy atom. The van der Waals surface area contributed by atoms with Gasteiger partial charge >= 0.3 is 5.97 Å². The van der Waals surface area contributed by atoms with E-state index in [-0.39, 0.29) is 11.3 Å². The molecule has 2 N–H and O–H groups in total. The first kappa shape index (κ1) is 11.4. The molecule has 17 heavy (non-hydrogen) atoms. The Bertz CT molecular complexity index is 470. The lowest BCUT2D eigenvalue weighted by molar-refractivity contribution is -0.139. The Labute approximate surface area is 98.4 Å². The summed E-state index contributed by atoms with van der Waals surface area (Å²) >= 11 is 0. The average Bonchev–Trinajstić information content (AvgIpc) is 2.64. The number of esters is 1. The number of aromatic hydroxyl groups is 1. The molecule has 1 aromatic rings. The molecule has 1 aliphatic rings. The first-order valence-corrected chi connectivity index (χ1v) is 5.35. The van der Waals surface area contributed by atoms with Gasteiger partial charge in [0, 0.05) is 6.42 Å². The van der Waals surface area contributed by atoms with Gasteiger partial charge in [-0.1, -0.05) is 6.07 Å². The summed E-state index contributed by atoms with van der Waals surface area (Å²) in [6.07, 6.45) is 0.469. The summed E-state index contributed by atoms with van der Waals surface area (Å²) in [6.45, 7) is 2.14. The van der Waals surface area contributed by atoms with Crippen LogP contribution >= 0.6 is 0 Å². The molecule has 90 valence electrons. The molecule has 1 aromatic carbocycles. The van der Waals surface area contributed by atoms with Crippen LogP contribution in [-0.2, 0) is 9.53 Å². The van der Waals surface area contributed by atoms with Gasteiger partial charge in [0.25, 0.3) is 5.91 Å². The Morgan fingerprint density at radius 1 is 1.53 bits per heavy atom. The molecule has 5 nitrogen and oxygen atoms in total. The van der Waals surface area contributed by atoms with Crippen LogP contribution < -0.4 is 5.32 Å². The van der Waals surface area contributed by atoms with E-state index in [1.807, 2.05) is 6.92 Å². The number of ether oxygens (including phenoxy) is 1. The number of benzene rings is 1. The predicted octanol–water partition coefficient (Wildman–Crippen LogP) is 0.746. The Morgan fingerprint density at radius 3 is 2.88 bits per heavy atom. The maximum atomic E-state index is 11.8. The van der Waals surface area contributed by atoms with Gasteiger partial charge in [0.15, 0.2) is 0 Å². The van der Waals surface area contributed by atoms with Crippen LogP contribution in [0.1, 0.15) is 22.3 Å². The number of hydrogen-bond donors (Lipinski definition) is 2. The third-order valence-electron chi connectivity index (χ3n) is 2.64. The first-order valence-electron chi connectivity index (χ1n) is 5.35. The van der Waals surface area contributed by atoms with Gasteiger partial charge in [0.2, 0.25) is 0 Å². The lowest BCUT2D eigenvalue weighted by Crippen LogP contribution is -2.37. The highest BCUT2D eigenvalue weighted by Gasteiger charge is 2.28. The highest BCUT2D eigenvalue weighted by atomic mass is 16.5. The average molecular weight is 235 g/mol. The fourth-order valence-electron chi connectivity index (χ4n) is 1.70. The molecule has 1 saturated heterocycles. The van der Waals surface area contributed by atoms with Gasteiger partial charge in [0.05, 0.1) is 12.2 Å². The van der Waals surface area contributed by atoms with E-state index >= 15 is 0 Å². The maximum Gasteiger partial charge on any atom is 0.328 e. The number of rotatable bonds is 2. The highest BCUT2D eigenvalue weighted by Crippen LogP contribution is 2.19. The normalized spacial score (nSPS) is 18.9. The molecule has 0 spiro atoms. The summed E-state index contributed by atoms with van der Waals surface area (Å²) in [7, 11) is 0. The minimum atomic E-state index is -0.608. The minimum Gasteiger partial charge on any atom is -0.507 e. The third-order valence-corrected chi connectivity index (χ3v) is 2.64. The molecule has 0 radical (unpaired) electrons. The zero-order valence-corrected chi connectivity index (χ0v) is 9.40. The largest absolute Gasteiger partial charge is 0.507 e. The van der Waals surface area contributed by atoms with Crippen molar-refractivity contribution in [2.75, 3.05) is 6.61 Å². The van der Waals surface area contributed by atoms with Crippen LogP contribution in [0.5, 0.6) is 5.75 Å². The monoisotopic (exact) mass is 235 g/mol. The minimum absolute atomic E-state index is 0.0890. The number of nitrogens with one attached hydrogen (secondary N) is 1. The SMILES string of the molecule is Cc1ccc(C(=O)NC2CCOC2=O)c(O)c1. The molecule has 2 rings (SSSR count). The van der Waals surface area contributed by atoms with Crippen LogP contribution in [0.2, 0.25) is 0 Å². The van der Waals surface area contributed by atoms with Crippen molar-refractivity contribution in [2.45, 2.75) is 19.4 Å². The Balaban J connectivity index is 2.11. The number of carbonyl (C=O) groups is 2. The van der Waals surface area contributed by atoms with Crippen LogP contribution in [0.3, 0.4) is 0 Å². The molecule has 5 heteroatoms. The lowest BCUT2D eigenvalue weighted by Gasteiger charge is -2.10. The van der Waals surface area contributed by atoms with Gasteiger partial charge in [-0.05, 0) is 24.6 Å². The van der Waals surface area contributed by atoms with E-state index in [1.165, 1.54) is 12.1 Å². The second-order valence-corrected chi connectivity index (χ2v) is 4.00. The number of phenols is 1. The van der Waals surface area contributed by atoms with Crippen LogP contribution in [0, 0.1) is 6.92 Å². The van der Waals surface area contributed by atoms with Crippen molar-refractivity contribution < 1.29 is 19.4 Å². The van der Waals surface area contributed by atoms with Gasteiger partial charge in [-0.3, -0.25) is 4.79 Å². The third kappa shape index (κ3) is 2.38. The molecule has 1 unspecified atom stereocenters. The molecule has 0 bridgehead atoms. The van der Waals surface area contributed by atoms with Crippen molar-refractivity contribution >= 4 is 11.9 Å². The maximum absolute atomic E-state index is 11.8. The van der Waals surface area contributed by atoms with Crippen molar-refractivity contribution in [1.29, 1.82) is 0 Å². The van der Waals surface area contributed by atoms with E-state index in [0.717, 1.165) is 5.56 Å². The smallest absolute Gasteiger partial charge is 0.328 e. The van der Waals surface area contributed by atoms with Crippen LogP contribution in [0.25, 0.3) is 0 Å². The van der Waals surface area contributed by atoms with Crippen molar-refractivity contribution in [3.8, 4) is 5.75 Å². The van der Waals surface area contributed by atoms with Gasteiger partial charge < -0.3 is 15.2 Å². The molecule has 1 heterocycles. The van der Waals surface area contributed by atoms with E-state index in [0.29, 0.717) is 13.0 Å². The number of hydrogen-bond acceptors (Lipinski definition) is 4. The van der Waals surface area contributed by atoms with Crippen LogP contribution in [-0.4, -0.2) is 29.6 Å². The molecule has 0 aliphatic carbocycles. The Kier molecular flexibility index (Phi) is 2.99. The second kappa shape index (κ2) is 4.45. The highest BCUT2D eigenvalue weighted by molar-refractivity contribution is 5.99. The van der Waals surface area contributed by atoms with Gasteiger partial charge in [-0.25, -0.2) is 4.79 Å². The van der Waals surface area contributed by atoms with E-state index in [2.05, 4.69) is 5.32 Å². The number of aryl methyl sites for hydroxylation is 1. The van der Waals surface area contributed by atoms with E-state index in [9.17, 15) is 14.7 Å². The first-order chi connectivity index (χ1) is 8.08. The molecule has 0 saturated carbocycles. The van der Waals surface area contributed by atoms with Crippen molar-refractivity contribution in [3.63, 3.8) is 0 Å². The summed E-state index contributed by atoms with van der Waals surface area (Å²) in [6, 6.07) is 4.15. The van der Waals surface area contributed by atoms with Crippen molar-refractivity contribution in [3.05, 3.63) is 29.3 Å². The topological polar surface area (TPSA) is 75.6 Å². The van der Waals surface area contributed by atoms with Gasteiger partial charge in [-0.15, -0.1) is 0 Å². The summed E-state index contributed by atoms with van der Waals surface area (Å²) in [5, 5.41) is 12.2. The van der Waals surface area contributed by atoms with Crippen LogP contribution in [0.4, 0.5) is 0 Å². The fourth-order valence-corrected chi connectivity index (χ4v) is 1.70. The van der Waals surface area contributed by atoms with E-state index in [1.54, 1.807) is 6.07 Å². The zero-order chi connectivity index (χ0) is 12.4. The Hall–Kier alpha value is -2.04. The van der Waals surface area contributed by atoms with Gasteiger partial charge in [-0.2, -0.15) is 0 Å². The van der Waals surface area contributed by atoms with E-state index < -0.39 is 17.9 Å². The standard InChI is InChI=1S/C12H13NO4/c1-7-2-3-8(10(14)6-7)11(15)13-9-4-5-17-12(9)16/h2-3,6,9,14H,4-5H2,1H3,(H,13,15). The molecule has 1 atom stereocenters. The molecular formula is C12H13NO4. The summed E-state index contributed by atoms with van der Waals surface area (Å²) < 4.78 is 4.74. The van der Waals surface area contributed by atoms with Gasteiger partial charge in [0.1, 0.15) is 11.8 Å². The zero-order valence-electron chi connectivity index (χ0n) is 9.40. The predicted molar refractivity (Wildman–Crippen MR) is 59.7 cm³/mol. The van der Waals surface area contributed by atoms with Crippen LogP contribution in [0.15, 0.2) is 18.2 Å². The summed E-state index contributed by atoms with van der Waals surface area (Å²) in [4.78, 5) is 23.0. The fraction of sp³-hybridized carbons (Fsp3) is 0.333. The summed E-state index contributed by atoms with van der Waals surface area (Å²) in [5.41, 5.74) is 1.02. The van der Waals surface area contributed by atoms with Crippen molar-refractivity contribution in [1.82, 2.24) is 5.32 Å². The molecular weight excluding hydrogens is 222 g/mol. The number of cyclic esters (lactones) is 1. The number of amides is 1. The van der Waals surface area contributed by atoms with Crippen molar-refractivity contribution in [2.24, 2.45) is 0 Å². The number of phenolic OH excluding ortho intramolecular Hbond substituents is 1. The summed E-state index contributed by atoms with van der Waals surface area (Å²) in [5.74, 6) is -0.981.